The molecule has 0 fully saturated rings. The van der Waals surface area contributed by atoms with Crippen LogP contribution in [0.4, 0.5) is 11.4 Å². The number of nitro groups is 1. The Morgan fingerprint density at radius 2 is 1.70 bits per heavy atom. The molecule has 0 radical (unpaired) electrons. The third-order valence-corrected chi connectivity index (χ3v) is 4.31. The highest BCUT2D eigenvalue weighted by molar-refractivity contribution is 5.93. The van der Waals surface area contributed by atoms with Gasteiger partial charge in [0, 0.05) is 17.7 Å². The fourth-order valence-corrected chi connectivity index (χ4v) is 2.83. The lowest BCUT2D eigenvalue weighted by Gasteiger charge is -2.13. The van der Waals surface area contributed by atoms with Gasteiger partial charge in [-0.05, 0) is 35.9 Å². The molecule has 3 rings (SSSR count). The summed E-state index contributed by atoms with van der Waals surface area (Å²) in [4.78, 5) is 23.1. The summed E-state index contributed by atoms with van der Waals surface area (Å²) in [5.41, 5.74) is 1.64. The minimum absolute atomic E-state index is 0.0772. The van der Waals surface area contributed by atoms with Gasteiger partial charge in [-0.1, -0.05) is 24.3 Å². The predicted octanol–water partition coefficient (Wildman–Crippen LogP) is 4.30. The number of hydrogen-bond acceptors (Lipinski definition) is 6. The predicted molar refractivity (Wildman–Crippen MR) is 112 cm³/mol. The number of methoxy groups -OCH3 is 2. The number of anilines is 1. The number of nitrogens with one attached hydrogen (secondary N) is 1. The lowest BCUT2D eigenvalue weighted by Crippen LogP contribution is -2.20. The number of nitrogens with zero attached hydrogens (tertiary/aromatic N) is 1. The van der Waals surface area contributed by atoms with Gasteiger partial charge in [0.15, 0.2) is 6.61 Å². The smallest absolute Gasteiger partial charge is 0.270 e. The highest BCUT2D eigenvalue weighted by atomic mass is 16.6. The first-order chi connectivity index (χ1) is 14.5. The number of nitro benzene ring substituents is 1. The van der Waals surface area contributed by atoms with Crippen molar-refractivity contribution in [2.24, 2.45) is 0 Å². The van der Waals surface area contributed by atoms with E-state index in [-0.39, 0.29) is 12.3 Å². The van der Waals surface area contributed by atoms with E-state index >= 15 is 0 Å². The van der Waals surface area contributed by atoms with E-state index in [9.17, 15) is 14.9 Å². The summed E-state index contributed by atoms with van der Waals surface area (Å²) in [6.07, 6.45) is 0. The Hall–Kier alpha value is -4.07. The first kappa shape index (κ1) is 20.7. The number of hydrogen-bond donors (Lipinski definition) is 1. The van der Waals surface area contributed by atoms with Crippen LogP contribution in [0, 0.1) is 10.1 Å². The monoisotopic (exact) mass is 408 g/mol. The van der Waals surface area contributed by atoms with Gasteiger partial charge < -0.3 is 19.5 Å². The van der Waals surface area contributed by atoms with Crippen LogP contribution in [0.1, 0.15) is 0 Å². The van der Waals surface area contributed by atoms with Crippen LogP contribution in [-0.2, 0) is 4.79 Å². The fraction of sp³-hybridized carbons (Fsp3) is 0.136. The van der Waals surface area contributed by atoms with Crippen molar-refractivity contribution < 1.29 is 23.9 Å². The maximum absolute atomic E-state index is 12.3. The molecule has 154 valence electrons. The van der Waals surface area contributed by atoms with Crippen molar-refractivity contribution >= 4 is 17.3 Å². The molecule has 0 aliphatic rings. The van der Waals surface area contributed by atoms with E-state index in [4.69, 9.17) is 14.2 Å². The van der Waals surface area contributed by atoms with Gasteiger partial charge in [0.2, 0.25) is 0 Å². The third-order valence-electron chi connectivity index (χ3n) is 4.31. The average molecular weight is 408 g/mol. The van der Waals surface area contributed by atoms with Gasteiger partial charge in [0.05, 0.1) is 24.8 Å². The van der Waals surface area contributed by atoms with Crippen LogP contribution in [0.25, 0.3) is 11.1 Å². The van der Waals surface area contributed by atoms with Gasteiger partial charge in [-0.15, -0.1) is 0 Å². The van der Waals surface area contributed by atoms with Crippen LogP contribution < -0.4 is 19.5 Å². The van der Waals surface area contributed by atoms with E-state index in [1.165, 1.54) is 25.3 Å². The number of para-hydroxylation sites is 2. The molecular weight excluding hydrogens is 388 g/mol. The Kier molecular flexibility index (Phi) is 6.49. The zero-order valence-electron chi connectivity index (χ0n) is 16.5. The number of carbonyl (C=O) groups is 1. The molecule has 0 saturated heterocycles. The molecule has 0 spiro atoms. The Bertz CT molecular complexity index is 1050. The number of non-ortho nitro benzene ring substituents is 1. The Morgan fingerprint density at radius 1 is 0.967 bits per heavy atom. The maximum Gasteiger partial charge on any atom is 0.270 e. The summed E-state index contributed by atoms with van der Waals surface area (Å²) in [7, 11) is 3.07. The molecule has 0 atom stereocenters. The first-order valence-corrected chi connectivity index (χ1v) is 9.00. The van der Waals surface area contributed by atoms with Crippen LogP contribution in [0.3, 0.4) is 0 Å². The molecule has 0 aliphatic heterocycles. The molecule has 0 saturated carbocycles. The second-order valence-electron chi connectivity index (χ2n) is 6.20. The fourth-order valence-electron chi connectivity index (χ4n) is 2.83. The summed E-state index contributed by atoms with van der Waals surface area (Å²) < 4.78 is 16.0. The van der Waals surface area contributed by atoms with E-state index in [2.05, 4.69) is 5.32 Å². The highest BCUT2D eigenvalue weighted by Crippen LogP contribution is 2.34. The third kappa shape index (κ3) is 4.85. The molecule has 3 aromatic rings. The van der Waals surface area contributed by atoms with Crippen LogP contribution in [0.2, 0.25) is 0 Å². The highest BCUT2D eigenvalue weighted by Gasteiger charge is 2.15. The van der Waals surface area contributed by atoms with Gasteiger partial charge in [0.1, 0.15) is 17.2 Å². The SMILES string of the molecule is COc1ccc(-c2cc([N+](=O)[O-])ccc2OCC(=O)Nc2ccccc2OC)cc1. The van der Waals surface area contributed by atoms with Crippen LogP contribution in [-0.4, -0.2) is 31.7 Å². The van der Waals surface area contributed by atoms with Crippen molar-refractivity contribution in [3.63, 3.8) is 0 Å². The van der Waals surface area contributed by atoms with Gasteiger partial charge in [-0.3, -0.25) is 14.9 Å². The number of benzene rings is 3. The number of rotatable bonds is 8. The quantitative estimate of drug-likeness (QED) is 0.441. The average Bonchev–Trinajstić information content (AvgIpc) is 2.78. The van der Waals surface area contributed by atoms with Crippen LogP contribution in [0.15, 0.2) is 66.7 Å². The first-order valence-electron chi connectivity index (χ1n) is 9.00. The molecule has 0 aliphatic carbocycles. The molecular formula is C22H20N2O6. The van der Waals surface area contributed by atoms with Gasteiger partial charge in [0.25, 0.3) is 11.6 Å². The van der Waals surface area contributed by atoms with Crippen molar-refractivity contribution in [1.29, 1.82) is 0 Å². The topological polar surface area (TPSA) is 99.9 Å². The van der Waals surface area contributed by atoms with Crippen LogP contribution >= 0.6 is 0 Å². The molecule has 1 amide bonds. The lowest BCUT2D eigenvalue weighted by molar-refractivity contribution is -0.384. The van der Waals surface area contributed by atoms with Gasteiger partial charge in [-0.25, -0.2) is 0 Å². The standard InChI is InChI=1S/C22H20N2O6/c1-28-17-10-7-15(8-11-17)18-13-16(24(26)27)9-12-20(18)30-14-22(25)23-19-5-3-4-6-21(19)29-2/h3-13H,14H2,1-2H3,(H,23,25). The van der Waals surface area contributed by atoms with Crippen molar-refractivity contribution in [1.82, 2.24) is 0 Å². The van der Waals surface area contributed by atoms with Gasteiger partial charge in [-0.2, -0.15) is 0 Å². The summed E-state index contributed by atoms with van der Waals surface area (Å²) in [5, 5.41) is 13.9. The normalized spacial score (nSPS) is 10.2. The van der Waals surface area contributed by atoms with Crippen LogP contribution in [0.5, 0.6) is 17.2 Å². The molecule has 1 N–H and O–H groups in total. The van der Waals surface area contributed by atoms with Gasteiger partial charge >= 0.3 is 0 Å². The van der Waals surface area contributed by atoms with E-state index in [1.807, 2.05) is 0 Å². The Labute approximate surface area is 173 Å². The summed E-state index contributed by atoms with van der Waals surface area (Å²) in [6, 6.07) is 18.3. The van der Waals surface area contributed by atoms with E-state index in [0.717, 1.165) is 0 Å². The maximum atomic E-state index is 12.3. The summed E-state index contributed by atoms with van der Waals surface area (Å²) >= 11 is 0. The van der Waals surface area contributed by atoms with Crippen molar-refractivity contribution in [2.75, 3.05) is 26.1 Å². The molecule has 8 heteroatoms. The minimum atomic E-state index is -0.481. The van der Waals surface area contributed by atoms with Crippen molar-refractivity contribution in [3.05, 3.63) is 76.8 Å². The van der Waals surface area contributed by atoms with Crippen molar-refractivity contribution in [2.45, 2.75) is 0 Å². The molecule has 30 heavy (non-hydrogen) atoms. The molecule has 0 aromatic heterocycles. The van der Waals surface area contributed by atoms with E-state index < -0.39 is 10.8 Å². The molecule has 0 bridgehead atoms. The van der Waals surface area contributed by atoms with Crippen molar-refractivity contribution in [3.8, 4) is 28.4 Å². The summed E-state index contributed by atoms with van der Waals surface area (Å²) in [5.74, 6) is 1.14. The number of amides is 1. The second-order valence-corrected chi connectivity index (χ2v) is 6.20. The minimum Gasteiger partial charge on any atom is -0.497 e. The van der Waals surface area contributed by atoms with E-state index in [0.29, 0.717) is 34.1 Å². The molecule has 0 unspecified atom stereocenters. The molecule has 3 aromatic carbocycles. The van der Waals surface area contributed by atoms with E-state index in [1.54, 1.807) is 55.6 Å². The Morgan fingerprint density at radius 3 is 2.37 bits per heavy atom. The lowest BCUT2D eigenvalue weighted by atomic mass is 10.0. The largest absolute Gasteiger partial charge is 0.497 e. The molecule has 0 heterocycles. The zero-order valence-corrected chi connectivity index (χ0v) is 16.5. The Balaban J connectivity index is 1.80. The number of ether oxygens (including phenoxy) is 3. The zero-order chi connectivity index (χ0) is 21.5. The second kappa shape index (κ2) is 9.42. The number of carbonyl (C=O) groups excluding carboxylic acids is 1. The summed E-state index contributed by atoms with van der Waals surface area (Å²) in [6.45, 7) is -0.279. The molecule has 8 nitrogen and oxygen atoms in total.